The van der Waals surface area contributed by atoms with Crippen LogP contribution < -0.4 is 0 Å². The standard InChI is InChI=1S/C27H43NO7/c1-13-4-7-18-24(3,32)20-14(12-28(18)11-13)15-10-25-17(26(15,33)22(31)21(20)30)6-5-16-23(25,2)9-8-19(29)27(16,34)35-25/h13-22,29-34H,4-12H2,1-3H3. The first-order valence-electron chi connectivity index (χ1n) is 14.0. The SMILES string of the molecule is CC1CCC2N(C1)CC1C(C(O)C(O)C3(O)C1CC14OC5(O)C(O)CCC1(C)C5CCC34)C2(C)O. The van der Waals surface area contributed by atoms with E-state index in [4.69, 9.17) is 4.74 Å². The van der Waals surface area contributed by atoms with Gasteiger partial charge >= 0.3 is 0 Å². The van der Waals surface area contributed by atoms with Crippen molar-refractivity contribution in [2.45, 2.75) is 113 Å². The van der Waals surface area contributed by atoms with Gasteiger partial charge in [0, 0.05) is 42.3 Å². The van der Waals surface area contributed by atoms with Crippen LogP contribution in [0.1, 0.15) is 65.7 Å². The minimum absolute atomic E-state index is 0.0745. The first-order valence-corrected chi connectivity index (χ1v) is 14.0. The topological polar surface area (TPSA) is 134 Å². The molecule has 4 bridgehead atoms. The number of fused-ring (bicyclic) bond motifs is 5. The highest BCUT2D eigenvalue weighted by Gasteiger charge is 2.84. The molecule has 7 fully saturated rings. The molecule has 4 saturated carbocycles. The first kappa shape index (κ1) is 23.8. The van der Waals surface area contributed by atoms with Crippen LogP contribution in [0.15, 0.2) is 0 Å². The van der Waals surface area contributed by atoms with Crippen LogP contribution in [0.4, 0.5) is 0 Å². The number of aliphatic hydroxyl groups excluding tert-OH is 3. The lowest BCUT2D eigenvalue weighted by Gasteiger charge is -2.63. The maximum absolute atomic E-state index is 12.5. The zero-order chi connectivity index (χ0) is 24.9. The van der Waals surface area contributed by atoms with Crippen LogP contribution >= 0.6 is 0 Å². The highest BCUT2D eigenvalue weighted by molar-refractivity contribution is 5.31. The van der Waals surface area contributed by atoms with Crippen molar-refractivity contribution in [1.29, 1.82) is 0 Å². The zero-order valence-corrected chi connectivity index (χ0v) is 21.2. The van der Waals surface area contributed by atoms with Crippen LogP contribution in [0, 0.1) is 40.9 Å². The Kier molecular flexibility index (Phi) is 4.62. The predicted octanol–water partition coefficient (Wildman–Crippen LogP) is 0.215. The lowest BCUT2D eigenvalue weighted by molar-refractivity contribution is -0.290. The third-order valence-corrected chi connectivity index (χ3v) is 12.8. The average Bonchev–Trinajstić information content (AvgIpc) is 3.04. The largest absolute Gasteiger partial charge is 0.390 e. The van der Waals surface area contributed by atoms with Crippen LogP contribution in [0.5, 0.6) is 0 Å². The normalized spacial score (nSPS) is 67.5. The minimum Gasteiger partial charge on any atom is -0.390 e. The van der Waals surface area contributed by atoms with Gasteiger partial charge in [-0.2, -0.15) is 0 Å². The molecule has 15 unspecified atom stereocenters. The fourth-order valence-corrected chi connectivity index (χ4v) is 11.4. The van der Waals surface area contributed by atoms with E-state index >= 15 is 0 Å². The van der Waals surface area contributed by atoms with Crippen molar-refractivity contribution in [2.24, 2.45) is 40.9 Å². The summed E-state index contributed by atoms with van der Waals surface area (Å²) in [6, 6.07) is -0.0745. The molecule has 0 radical (unpaired) electrons. The van der Waals surface area contributed by atoms with E-state index in [0.29, 0.717) is 44.6 Å². The van der Waals surface area contributed by atoms with Crippen LogP contribution in [-0.4, -0.2) is 95.6 Å². The molecule has 4 aliphatic carbocycles. The lowest BCUT2D eigenvalue weighted by Crippen LogP contribution is -2.76. The average molecular weight is 494 g/mol. The summed E-state index contributed by atoms with van der Waals surface area (Å²) in [5, 5.41) is 69.9. The molecule has 15 atom stereocenters. The highest BCUT2D eigenvalue weighted by atomic mass is 16.7. The molecule has 1 spiro atoms. The Morgan fingerprint density at radius 3 is 2.34 bits per heavy atom. The Morgan fingerprint density at radius 2 is 1.60 bits per heavy atom. The Hall–Kier alpha value is -0.320. The number of ether oxygens (including phenoxy) is 1. The Morgan fingerprint density at radius 1 is 0.886 bits per heavy atom. The van der Waals surface area contributed by atoms with Gasteiger partial charge < -0.3 is 35.4 Å². The van der Waals surface area contributed by atoms with Gasteiger partial charge in [-0.25, -0.2) is 0 Å². The van der Waals surface area contributed by atoms with Gasteiger partial charge in [0.15, 0.2) is 5.79 Å². The predicted molar refractivity (Wildman–Crippen MR) is 125 cm³/mol. The van der Waals surface area contributed by atoms with Gasteiger partial charge in [-0.15, -0.1) is 0 Å². The van der Waals surface area contributed by atoms with Crippen molar-refractivity contribution < 1.29 is 35.4 Å². The number of rotatable bonds is 0. The summed E-state index contributed by atoms with van der Waals surface area (Å²) in [4.78, 5) is 2.36. The number of hydrogen-bond donors (Lipinski definition) is 6. The fraction of sp³-hybridized carbons (Fsp3) is 1.00. The molecule has 3 heterocycles. The fourth-order valence-electron chi connectivity index (χ4n) is 11.4. The Bertz CT molecular complexity index is 931. The number of nitrogens with zero attached hydrogens (tertiary/aromatic N) is 1. The molecule has 0 amide bonds. The third-order valence-electron chi connectivity index (χ3n) is 12.8. The Balaban J connectivity index is 1.35. The zero-order valence-electron chi connectivity index (χ0n) is 21.2. The van der Waals surface area contributed by atoms with Gasteiger partial charge in [0.1, 0.15) is 17.8 Å². The smallest absolute Gasteiger partial charge is 0.196 e. The van der Waals surface area contributed by atoms with Crippen molar-refractivity contribution in [3.8, 4) is 0 Å². The summed E-state index contributed by atoms with van der Waals surface area (Å²) in [6.45, 7) is 7.73. The van der Waals surface area contributed by atoms with Crippen molar-refractivity contribution in [3.63, 3.8) is 0 Å². The maximum Gasteiger partial charge on any atom is 0.196 e. The van der Waals surface area contributed by atoms with Crippen molar-refractivity contribution in [3.05, 3.63) is 0 Å². The molecule has 35 heavy (non-hydrogen) atoms. The molecular formula is C27H43NO7. The monoisotopic (exact) mass is 493 g/mol. The van der Waals surface area contributed by atoms with Gasteiger partial charge in [-0.05, 0) is 69.6 Å². The minimum atomic E-state index is -1.64. The molecule has 0 aromatic rings. The molecule has 0 aromatic carbocycles. The second kappa shape index (κ2) is 6.81. The number of piperidine rings is 2. The van der Waals surface area contributed by atoms with Gasteiger partial charge in [0.2, 0.25) is 0 Å². The second-order valence-corrected chi connectivity index (χ2v) is 14.1. The Labute approximate surface area is 207 Å². The summed E-state index contributed by atoms with van der Waals surface area (Å²) in [6.07, 6.45) is 1.05. The van der Waals surface area contributed by atoms with Crippen molar-refractivity contribution in [2.75, 3.05) is 13.1 Å². The summed E-state index contributed by atoms with van der Waals surface area (Å²) >= 11 is 0. The maximum atomic E-state index is 12.5. The van der Waals surface area contributed by atoms with Crippen molar-refractivity contribution in [1.82, 2.24) is 4.90 Å². The summed E-state index contributed by atoms with van der Waals surface area (Å²) in [7, 11) is 0. The van der Waals surface area contributed by atoms with Gasteiger partial charge in [0.05, 0.1) is 17.3 Å². The van der Waals surface area contributed by atoms with E-state index in [1.807, 2.05) is 6.92 Å². The first-order chi connectivity index (χ1) is 16.3. The number of hydrogen-bond acceptors (Lipinski definition) is 8. The van der Waals surface area contributed by atoms with Crippen molar-refractivity contribution >= 4 is 0 Å². The number of aliphatic hydroxyl groups is 6. The molecule has 7 aliphatic rings. The van der Waals surface area contributed by atoms with E-state index in [0.717, 1.165) is 19.4 Å². The molecular weight excluding hydrogens is 450 g/mol. The van der Waals surface area contributed by atoms with E-state index < -0.39 is 58.2 Å². The molecule has 6 N–H and O–H groups in total. The van der Waals surface area contributed by atoms with Gasteiger partial charge in [0.25, 0.3) is 0 Å². The summed E-state index contributed by atoms with van der Waals surface area (Å²) in [5.74, 6) is -2.93. The lowest BCUT2D eigenvalue weighted by atomic mass is 9.49. The summed E-state index contributed by atoms with van der Waals surface area (Å²) < 4.78 is 6.60. The van der Waals surface area contributed by atoms with Crippen LogP contribution in [0.25, 0.3) is 0 Å². The molecule has 8 nitrogen and oxygen atoms in total. The molecule has 7 rings (SSSR count). The molecule has 0 aromatic heterocycles. The molecule has 3 saturated heterocycles. The summed E-state index contributed by atoms with van der Waals surface area (Å²) in [5.41, 5.74) is -4.08. The van der Waals surface area contributed by atoms with Gasteiger partial charge in [-0.1, -0.05) is 13.8 Å². The van der Waals surface area contributed by atoms with E-state index in [1.54, 1.807) is 0 Å². The highest BCUT2D eigenvalue weighted by Crippen LogP contribution is 2.76. The van der Waals surface area contributed by atoms with E-state index in [2.05, 4.69) is 18.7 Å². The van der Waals surface area contributed by atoms with Crippen LogP contribution in [0.3, 0.4) is 0 Å². The second-order valence-electron chi connectivity index (χ2n) is 14.1. The molecule has 8 heteroatoms. The molecule has 3 aliphatic heterocycles. The van der Waals surface area contributed by atoms with E-state index in [-0.39, 0.29) is 23.8 Å². The van der Waals surface area contributed by atoms with E-state index in [1.165, 1.54) is 0 Å². The quantitative estimate of drug-likeness (QED) is 0.282. The third kappa shape index (κ3) is 2.44. The van der Waals surface area contributed by atoms with Crippen LogP contribution in [-0.2, 0) is 4.74 Å². The van der Waals surface area contributed by atoms with Gasteiger partial charge in [-0.3, -0.25) is 4.90 Å². The van der Waals surface area contributed by atoms with E-state index in [9.17, 15) is 30.6 Å². The van der Waals surface area contributed by atoms with Crippen LogP contribution in [0.2, 0.25) is 0 Å². The molecule has 198 valence electrons.